The second-order valence-electron chi connectivity index (χ2n) is 10.2. The van der Waals surface area contributed by atoms with Crippen LogP contribution in [0.2, 0.25) is 0 Å². The Morgan fingerprint density at radius 1 is 1.13 bits per heavy atom. The second kappa shape index (κ2) is 7.57. The van der Waals surface area contributed by atoms with Crippen molar-refractivity contribution in [2.75, 3.05) is 13.1 Å². The van der Waals surface area contributed by atoms with Crippen LogP contribution < -0.4 is 10.8 Å². The molecule has 164 valence electrons. The van der Waals surface area contributed by atoms with E-state index in [-0.39, 0.29) is 11.9 Å². The number of nitrogens with zero attached hydrogens (tertiary/aromatic N) is 1. The zero-order chi connectivity index (χ0) is 22.5. The quantitative estimate of drug-likeness (QED) is 0.767. The second-order valence-corrected chi connectivity index (χ2v) is 10.2. The van der Waals surface area contributed by atoms with Gasteiger partial charge in [0, 0.05) is 18.7 Å². The maximum absolute atomic E-state index is 12.9. The standard InChI is InChI=1S/C22H33BN2O5/c1-14-9-10-15(11-17(14)23-29-21(5,6)22(7,8)30-23)18(26)25-12-16(13-25)24-19(27)28-20(2,3)4/h9-11,16H,12-13H2,1-8H3,(H,24,27). The molecule has 1 aromatic carbocycles. The molecule has 0 atom stereocenters. The minimum Gasteiger partial charge on any atom is -0.444 e. The van der Waals surface area contributed by atoms with E-state index in [4.69, 9.17) is 14.0 Å². The van der Waals surface area contributed by atoms with Crippen molar-refractivity contribution in [2.45, 2.75) is 78.2 Å². The molecule has 7 nitrogen and oxygen atoms in total. The summed E-state index contributed by atoms with van der Waals surface area (Å²) in [6.45, 7) is 16.4. The van der Waals surface area contributed by atoms with Crippen LogP contribution in [-0.4, -0.2) is 60.0 Å². The average molecular weight is 416 g/mol. The number of carbonyl (C=O) groups is 2. The molecule has 2 aliphatic rings. The highest BCUT2D eigenvalue weighted by Crippen LogP contribution is 2.36. The zero-order valence-electron chi connectivity index (χ0n) is 19.3. The number of nitrogens with one attached hydrogen (secondary N) is 1. The van der Waals surface area contributed by atoms with E-state index in [0.717, 1.165) is 11.0 Å². The van der Waals surface area contributed by atoms with Gasteiger partial charge in [0.05, 0.1) is 17.2 Å². The SMILES string of the molecule is Cc1ccc(C(=O)N2CC(NC(=O)OC(C)(C)C)C2)cc1B1OC(C)(C)C(C)(C)O1. The van der Waals surface area contributed by atoms with Crippen molar-refractivity contribution in [3.8, 4) is 0 Å². The van der Waals surface area contributed by atoms with E-state index >= 15 is 0 Å². The monoisotopic (exact) mass is 416 g/mol. The Labute approximate surface area is 179 Å². The molecule has 2 saturated heterocycles. The summed E-state index contributed by atoms with van der Waals surface area (Å²) < 4.78 is 17.6. The Hall–Kier alpha value is -2.06. The summed E-state index contributed by atoms with van der Waals surface area (Å²) >= 11 is 0. The number of likely N-dealkylation sites (tertiary alicyclic amines) is 1. The zero-order valence-corrected chi connectivity index (χ0v) is 19.3. The van der Waals surface area contributed by atoms with Crippen LogP contribution in [0.4, 0.5) is 4.79 Å². The lowest BCUT2D eigenvalue weighted by Crippen LogP contribution is -2.61. The molecule has 2 aliphatic heterocycles. The molecule has 2 heterocycles. The summed E-state index contributed by atoms with van der Waals surface area (Å²) in [6.07, 6.45) is -0.460. The molecule has 2 amide bonds. The smallest absolute Gasteiger partial charge is 0.444 e. The Morgan fingerprint density at radius 3 is 2.23 bits per heavy atom. The van der Waals surface area contributed by atoms with Crippen molar-refractivity contribution in [3.05, 3.63) is 29.3 Å². The van der Waals surface area contributed by atoms with Gasteiger partial charge < -0.3 is 24.3 Å². The van der Waals surface area contributed by atoms with Crippen LogP contribution >= 0.6 is 0 Å². The van der Waals surface area contributed by atoms with Crippen LogP contribution in [0.1, 0.15) is 64.4 Å². The van der Waals surface area contributed by atoms with E-state index in [1.54, 1.807) is 4.90 Å². The molecule has 1 aromatic rings. The van der Waals surface area contributed by atoms with Crippen LogP contribution in [0.3, 0.4) is 0 Å². The minimum absolute atomic E-state index is 0.0741. The third-order valence-electron chi connectivity index (χ3n) is 5.92. The number of alkyl carbamates (subject to hydrolysis) is 1. The highest BCUT2D eigenvalue weighted by Gasteiger charge is 2.52. The molecule has 8 heteroatoms. The summed E-state index contributed by atoms with van der Waals surface area (Å²) in [5, 5.41) is 2.80. The van der Waals surface area contributed by atoms with Gasteiger partial charge in [-0.05, 0) is 73.0 Å². The number of amides is 2. The molecule has 0 radical (unpaired) electrons. The Bertz CT molecular complexity index is 824. The molecule has 2 fully saturated rings. The van der Waals surface area contributed by atoms with Crippen LogP contribution in [0.5, 0.6) is 0 Å². The van der Waals surface area contributed by atoms with Crippen molar-refractivity contribution < 1.29 is 23.6 Å². The third-order valence-corrected chi connectivity index (χ3v) is 5.92. The van der Waals surface area contributed by atoms with Gasteiger partial charge in [-0.1, -0.05) is 11.6 Å². The van der Waals surface area contributed by atoms with Gasteiger partial charge in [-0.2, -0.15) is 0 Å². The molecule has 30 heavy (non-hydrogen) atoms. The lowest BCUT2D eigenvalue weighted by atomic mass is 9.75. The first-order valence-electron chi connectivity index (χ1n) is 10.4. The molecule has 0 aromatic heterocycles. The fourth-order valence-electron chi connectivity index (χ4n) is 3.39. The number of ether oxygens (including phenoxy) is 1. The van der Waals surface area contributed by atoms with E-state index in [9.17, 15) is 9.59 Å². The molecule has 0 bridgehead atoms. The van der Waals surface area contributed by atoms with Gasteiger partial charge in [0.1, 0.15) is 5.60 Å². The van der Waals surface area contributed by atoms with Gasteiger partial charge >= 0.3 is 13.2 Å². The van der Waals surface area contributed by atoms with Gasteiger partial charge in [-0.3, -0.25) is 4.79 Å². The van der Waals surface area contributed by atoms with Crippen molar-refractivity contribution in [3.63, 3.8) is 0 Å². The van der Waals surface area contributed by atoms with Crippen LogP contribution in [-0.2, 0) is 14.0 Å². The van der Waals surface area contributed by atoms with Gasteiger partial charge in [-0.15, -0.1) is 0 Å². The molecule has 0 unspecified atom stereocenters. The first-order valence-corrected chi connectivity index (χ1v) is 10.4. The largest absolute Gasteiger partial charge is 0.495 e. The Kier molecular flexibility index (Phi) is 5.71. The molecule has 1 N–H and O–H groups in total. The van der Waals surface area contributed by atoms with Gasteiger partial charge in [0.15, 0.2) is 0 Å². The number of aryl methyl sites for hydroxylation is 1. The number of hydrogen-bond acceptors (Lipinski definition) is 5. The first kappa shape index (κ1) is 22.6. The predicted octanol–water partition coefficient (Wildman–Crippen LogP) is 2.64. The fraction of sp³-hybridized carbons (Fsp3) is 0.636. The Balaban J connectivity index is 1.64. The van der Waals surface area contributed by atoms with Gasteiger partial charge in [0.25, 0.3) is 5.91 Å². The van der Waals surface area contributed by atoms with Crippen LogP contribution in [0, 0.1) is 6.92 Å². The molecule has 0 aliphatic carbocycles. The number of carbonyl (C=O) groups excluding carboxylic acids is 2. The number of rotatable bonds is 3. The van der Waals surface area contributed by atoms with Crippen molar-refractivity contribution >= 4 is 24.6 Å². The average Bonchev–Trinajstić information content (AvgIpc) is 2.76. The van der Waals surface area contributed by atoms with E-state index in [2.05, 4.69) is 5.32 Å². The predicted molar refractivity (Wildman–Crippen MR) is 116 cm³/mol. The van der Waals surface area contributed by atoms with E-state index < -0.39 is 30.0 Å². The Morgan fingerprint density at radius 2 is 1.70 bits per heavy atom. The van der Waals surface area contributed by atoms with Gasteiger partial charge in [0.2, 0.25) is 0 Å². The molecular formula is C22H33BN2O5. The molecule has 3 rings (SSSR count). The molecule has 0 saturated carbocycles. The first-order chi connectivity index (χ1) is 13.7. The van der Waals surface area contributed by atoms with Crippen LogP contribution in [0.25, 0.3) is 0 Å². The maximum Gasteiger partial charge on any atom is 0.495 e. The number of hydrogen-bond donors (Lipinski definition) is 1. The minimum atomic E-state index is -0.546. The third kappa shape index (κ3) is 4.65. The van der Waals surface area contributed by atoms with E-state index in [1.165, 1.54) is 0 Å². The number of benzene rings is 1. The summed E-state index contributed by atoms with van der Waals surface area (Å²) in [4.78, 5) is 26.5. The fourth-order valence-corrected chi connectivity index (χ4v) is 3.39. The molecule has 0 spiro atoms. The van der Waals surface area contributed by atoms with Crippen molar-refractivity contribution in [2.24, 2.45) is 0 Å². The highest BCUT2D eigenvalue weighted by atomic mass is 16.7. The lowest BCUT2D eigenvalue weighted by Gasteiger charge is -2.39. The topological polar surface area (TPSA) is 77.1 Å². The summed E-state index contributed by atoms with van der Waals surface area (Å²) in [5.41, 5.74) is 1.03. The van der Waals surface area contributed by atoms with Crippen molar-refractivity contribution in [1.82, 2.24) is 10.2 Å². The summed E-state index contributed by atoms with van der Waals surface area (Å²) in [7, 11) is -0.513. The van der Waals surface area contributed by atoms with E-state index in [0.29, 0.717) is 18.7 Å². The summed E-state index contributed by atoms with van der Waals surface area (Å²) in [6, 6.07) is 5.50. The lowest BCUT2D eigenvalue weighted by molar-refractivity contribution is 0.00578. The van der Waals surface area contributed by atoms with Gasteiger partial charge in [-0.25, -0.2) is 4.79 Å². The highest BCUT2D eigenvalue weighted by molar-refractivity contribution is 6.62. The van der Waals surface area contributed by atoms with E-state index in [1.807, 2.05) is 73.6 Å². The summed E-state index contributed by atoms with van der Waals surface area (Å²) in [5.74, 6) is -0.0741. The normalized spacial score (nSPS) is 20.7. The molecular weight excluding hydrogens is 383 g/mol. The van der Waals surface area contributed by atoms with Crippen molar-refractivity contribution in [1.29, 1.82) is 0 Å². The maximum atomic E-state index is 12.9. The van der Waals surface area contributed by atoms with Crippen LogP contribution in [0.15, 0.2) is 18.2 Å².